The average Bonchev–Trinajstić information content (AvgIpc) is 3.00. The second-order valence-corrected chi connectivity index (χ2v) is 12.8. The minimum atomic E-state index is -4.37. The summed E-state index contributed by atoms with van der Waals surface area (Å²) in [5.74, 6) is -0.854. The van der Waals surface area contributed by atoms with Crippen LogP contribution in [0.4, 0.5) is 0 Å². The SMILES string of the molecule is CCCC/C=C\CCCCCCCC(=O)OCC(COP(=O)(O)OCCN)OC(=O)CCCCCCC/C=C\CCCCC. The summed E-state index contributed by atoms with van der Waals surface area (Å²) in [6.07, 6.45) is 29.2. The fourth-order valence-electron chi connectivity index (χ4n) is 4.43. The van der Waals surface area contributed by atoms with Crippen LogP contribution in [0.3, 0.4) is 0 Å². The maximum absolute atomic E-state index is 12.5. The van der Waals surface area contributed by atoms with Crippen molar-refractivity contribution in [2.24, 2.45) is 5.73 Å². The first-order chi connectivity index (χ1) is 21.3. The largest absolute Gasteiger partial charge is 0.472 e. The number of phosphoric acid groups is 1. The monoisotopic (exact) mass is 645 g/mol. The van der Waals surface area contributed by atoms with Gasteiger partial charge in [0.1, 0.15) is 6.61 Å². The van der Waals surface area contributed by atoms with Gasteiger partial charge in [0, 0.05) is 19.4 Å². The topological polar surface area (TPSA) is 134 Å². The van der Waals surface area contributed by atoms with E-state index in [4.69, 9.17) is 24.3 Å². The molecule has 0 aliphatic rings. The Morgan fingerprint density at radius 2 is 1.14 bits per heavy atom. The zero-order valence-corrected chi connectivity index (χ0v) is 28.8. The number of esters is 2. The van der Waals surface area contributed by atoms with Crippen LogP contribution in [0.25, 0.3) is 0 Å². The van der Waals surface area contributed by atoms with E-state index in [-0.39, 0.29) is 32.6 Å². The molecule has 0 saturated carbocycles. The van der Waals surface area contributed by atoms with E-state index in [1.807, 2.05) is 0 Å². The highest BCUT2D eigenvalue weighted by Crippen LogP contribution is 2.43. The maximum atomic E-state index is 12.5. The third kappa shape index (κ3) is 30.5. The Morgan fingerprint density at radius 3 is 1.68 bits per heavy atom. The van der Waals surface area contributed by atoms with Crippen LogP contribution in [0.1, 0.15) is 149 Å². The van der Waals surface area contributed by atoms with Gasteiger partial charge in [-0.1, -0.05) is 102 Å². The van der Waals surface area contributed by atoms with E-state index in [1.165, 1.54) is 32.1 Å². The lowest BCUT2D eigenvalue weighted by atomic mass is 10.1. The predicted octanol–water partition coefficient (Wildman–Crippen LogP) is 8.88. The highest BCUT2D eigenvalue weighted by Gasteiger charge is 2.25. The number of unbranched alkanes of at least 4 members (excludes halogenated alkanes) is 15. The fraction of sp³-hybridized carbons (Fsp3) is 0.824. The molecule has 44 heavy (non-hydrogen) atoms. The molecule has 0 fully saturated rings. The maximum Gasteiger partial charge on any atom is 0.472 e. The highest BCUT2D eigenvalue weighted by molar-refractivity contribution is 7.47. The van der Waals surface area contributed by atoms with Gasteiger partial charge in [-0.15, -0.1) is 0 Å². The highest BCUT2D eigenvalue weighted by atomic mass is 31.2. The first kappa shape index (κ1) is 42.5. The number of hydrogen-bond donors (Lipinski definition) is 2. The standard InChI is InChI=1S/C34H64NO8P/c1-3-5-7-9-11-13-15-17-19-21-23-25-27-34(37)43-32(31-42-44(38,39)41-29-28-35)30-40-33(36)26-24-22-20-18-16-14-12-10-8-6-4-2/h10-13,32H,3-9,14-31,35H2,1-2H3,(H,38,39)/b12-10-,13-11-. The molecule has 9 nitrogen and oxygen atoms in total. The second-order valence-electron chi connectivity index (χ2n) is 11.4. The molecule has 0 rings (SSSR count). The zero-order chi connectivity index (χ0) is 32.6. The Kier molecular flexibility index (Phi) is 30.4. The molecule has 258 valence electrons. The normalized spacial score (nSPS) is 13.8. The molecule has 0 aliphatic heterocycles. The molecule has 0 aromatic heterocycles. The molecule has 0 aliphatic carbocycles. The summed E-state index contributed by atoms with van der Waals surface area (Å²) < 4.78 is 32.5. The number of hydrogen-bond acceptors (Lipinski definition) is 8. The Labute approximate surface area is 268 Å². The number of ether oxygens (including phenoxy) is 2. The van der Waals surface area contributed by atoms with Gasteiger partial charge in [0.05, 0.1) is 13.2 Å². The van der Waals surface area contributed by atoms with Crippen molar-refractivity contribution in [1.29, 1.82) is 0 Å². The summed E-state index contributed by atoms with van der Waals surface area (Å²) in [4.78, 5) is 34.5. The Bertz CT molecular complexity index is 789. The van der Waals surface area contributed by atoms with Gasteiger partial charge in [-0.05, 0) is 57.8 Å². The van der Waals surface area contributed by atoms with E-state index >= 15 is 0 Å². The van der Waals surface area contributed by atoms with Gasteiger partial charge < -0.3 is 20.1 Å². The van der Waals surface area contributed by atoms with E-state index in [1.54, 1.807) is 0 Å². The van der Waals surface area contributed by atoms with Crippen LogP contribution < -0.4 is 5.73 Å². The minimum absolute atomic E-state index is 0.0514. The minimum Gasteiger partial charge on any atom is -0.462 e. The molecule has 0 spiro atoms. The van der Waals surface area contributed by atoms with Crippen LogP contribution in [-0.4, -0.2) is 49.3 Å². The molecule has 3 N–H and O–H groups in total. The summed E-state index contributed by atoms with van der Waals surface area (Å²) in [5.41, 5.74) is 5.31. The van der Waals surface area contributed by atoms with Crippen LogP contribution in [0.5, 0.6) is 0 Å². The molecule has 2 unspecified atom stereocenters. The van der Waals surface area contributed by atoms with Gasteiger partial charge in [0.2, 0.25) is 0 Å². The molecular weight excluding hydrogens is 581 g/mol. The molecule has 0 aromatic rings. The average molecular weight is 646 g/mol. The molecule has 10 heteroatoms. The van der Waals surface area contributed by atoms with Crippen molar-refractivity contribution in [1.82, 2.24) is 0 Å². The molecule has 0 saturated heterocycles. The lowest BCUT2D eigenvalue weighted by Crippen LogP contribution is -2.29. The lowest BCUT2D eigenvalue weighted by Gasteiger charge is -2.19. The van der Waals surface area contributed by atoms with E-state index in [9.17, 15) is 19.0 Å². The van der Waals surface area contributed by atoms with Gasteiger partial charge >= 0.3 is 19.8 Å². The Balaban J connectivity index is 4.31. The Hall–Kier alpha value is -1.51. The second kappa shape index (κ2) is 31.5. The molecule has 2 atom stereocenters. The summed E-state index contributed by atoms with van der Waals surface area (Å²) >= 11 is 0. The van der Waals surface area contributed by atoms with Crippen molar-refractivity contribution in [2.75, 3.05) is 26.4 Å². The van der Waals surface area contributed by atoms with Crippen molar-refractivity contribution in [3.8, 4) is 0 Å². The molecule has 0 amide bonds. The van der Waals surface area contributed by atoms with E-state index in [0.29, 0.717) is 6.42 Å². The number of rotatable bonds is 32. The smallest absolute Gasteiger partial charge is 0.462 e. The predicted molar refractivity (Wildman–Crippen MR) is 178 cm³/mol. The van der Waals surface area contributed by atoms with Crippen LogP contribution in [0, 0.1) is 0 Å². The zero-order valence-electron chi connectivity index (χ0n) is 27.9. The van der Waals surface area contributed by atoms with Crippen molar-refractivity contribution in [3.63, 3.8) is 0 Å². The summed E-state index contributed by atoms with van der Waals surface area (Å²) in [5, 5.41) is 0. The number of allylic oxidation sites excluding steroid dienone is 4. The Morgan fingerprint density at radius 1 is 0.659 bits per heavy atom. The third-order valence-corrected chi connectivity index (χ3v) is 8.04. The molecule has 0 radical (unpaired) electrons. The fourth-order valence-corrected chi connectivity index (χ4v) is 5.20. The molecular formula is C34H64NO8P. The number of carbonyl (C=O) groups excluding carboxylic acids is 2. The molecule has 0 bridgehead atoms. The first-order valence-corrected chi connectivity index (χ1v) is 18.8. The van der Waals surface area contributed by atoms with Crippen LogP contribution in [-0.2, 0) is 32.7 Å². The van der Waals surface area contributed by atoms with Gasteiger partial charge in [-0.25, -0.2) is 4.57 Å². The van der Waals surface area contributed by atoms with Crippen molar-refractivity contribution < 1.29 is 37.6 Å². The van der Waals surface area contributed by atoms with Gasteiger partial charge in [0.15, 0.2) is 6.10 Å². The van der Waals surface area contributed by atoms with Crippen LogP contribution >= 0.6 is 7.82 Å². The van der Waals surface area contributed by atoms with Gasteiger partial charge in [-0.3, -0.25) is 18.6 Å². The van der Waals surface area contributed by atoms with E-state index in [2.05, 4.69) is 38.2 Å². The van der Waals surface area contributed by atoms with E-state index < -0.39 is 32.5 Å². The van der Waals surface area contributed by atoms with Crippen molar-refractivity contribution in [3.05, 3.63) is 24.3 Å². The van der Waals surface area contributed by atoms with E-state index in [0.717, 1.165) is 83.5 Å². The summed E-state index contributed by atoms with van der Waals surface area (Å²) in [7, 11) is -4.37. The molecule has 0 aromatic carbocycles. The van der Waals surface area contributed by atoms with Crippen LogP contribution in [0.2, 0.25) is 0 Å². The van der Waals surface area contributed by atoms with Crippen molar-refractivity contribution >= 4 is 19.8 Å². The van der Waals surface area contributed by atoms with Gasteiger partial charge in [0.25, 0.3) is 0 Å². The van der Waals surface area contributed by atoms with Crippen molar-refractivity contribution in [2.45, 2.75) is 155 Å². The number of phosphoric ester groups is 1. The van der Waals surface area contributed by atoms with Crippen LogP contribution in [0.15, 0.2) is 24.3 Å². The number of carbonyl (C=O) groups is 2. The van der Waals surface area contributed by atoms with Gasteiger partial charge in [-0.2, -0.15) is 0 Å². The quantitative estimate of drug-likeness (QED) is 0.0318. The first-order valence-electron chi connectivity index (χ1n) is 17.3. The summed E-state index contributed by atoms with van der Waals surface area (Å²) in [6.45, 7) is 3.62. The third-order valence-electron chi connectivity index (χ3n) is 7.06. The summed E-state index contributed by atoms with van der Waals surface area (Å²) in [6, 6.07) is 0. The molecule has 0 heterocycles. The lowest BCUT2D eigenvalue weighted by molar-refractivity contribution is -0.161. The number of nitrogens with two attached hydrogens (primary N) is 1.